The van der Waals surface area contributed by atoms with Gasteiger partial charge in [-0.15, -0.1) is 0 Å². The summed E-state index contributed by atoms with van der Waals surface area (Å²) in [6.07, 6.45) is -1.52. The van der Waals surface area contributed by atoms with Crippen molar-refractivity contribution >= 4 is 17.6 Å². The fourth-order valence-corrected chi connectivity index (χ4v) is 3.79. The highest BCUT2D eigenvalue weighted by Gasteiger charge is 2.43. The lowest BCUT2D eigenvalue weighted by atomic mass is 10.0. The van der Waals surface area contributed by atoms with Crippen molar-refractivity contribution < 1.29 is 42.1 Å². The van der Waals surface area contributed by atoms with Crippen LogP contribution in [-0.4, -0.2) is 90.0 Å². The molecule has 2 aliphatic heterocycles. The number of anilines is 1. The maximum Gasteiger partial charge on any atom is 0.490 e. The number of nitrogens with zero attached hydrogens (tertiary/aromatic N) is 4. The molecule has 1 amide bonds. The predicted octanol–water partition coefficient (Wildman–Crippen LogP) is 1.70. The molecule has 13 heteroatoms. The molecule has 2 aliphatic rings. The van der Waals surface area contributed by atoms with Crippen LogP contribution in [-0.2, 0) is 32.7 Å². The lowest BCUT2D eigenvalue weighted by Crippen LogP contribution is -2.60. The van der Waals surface area contributed by atoms with Crippen molar-refractivity contribution in [2.24, 2.45) is 7.05 Å². The van der Waals surface area contributed by atoms with Crippen LogP contribution in [0.1, 0.15) is 5.56 Å². The van der Waals surface area contributed by atoms with Gasteiger partial charge in [0.15, 0.2) is 0 Å². The highest BCUT2D eigenvalue weighted by atomic mass is 19.4. The fourth-order valence-electron chi connectivity index (χ4n) is 3.79. The number of amides is 1. The summed E-state index contributed by atoms with van der Waals surface area (Å²) in [5, 5.41) is 11.3. The monoisotopic (exact) mass is 500 g/mol. The molecule has 0 bridgehead atoms. The van der Waals surface area contributed by atoms with Crippen LogP contribution < -0.4 is 9.64 Å². The minimum absolute atomic E-state index is 0.0502. The second-order valence-corrected chi connectivity index (χ2v) is 8.24. The van der Waals surface area contributed by atoms with Crippen LogP contribution in [0.3, 0.4) is 0 Å². The molecule has 1 unspecified atom stereocenters. The summed E-state index contributed by atoms with van der Waals surface area (Å²) in [6.45, 7) is 3.92. The molecule has 3 heterocycles. The minimum atomic E-state index is -5.08. The van der Waals surface area contributed by atoms with E-state index in [0.717, 1.165) is 24.5 Å². The summed E-state index contributed by atoms with van der Waals surface area (Å²) in [5.74, 6) is -1.96. The van der Waals surface area contributed by atoms with Crippen molar-refractivity contribution in [1.82, 2.24) is 14.7 Å². The lowest BCUT2D eigenvalue weighted by molar-refractivity contribution is -0.192. The van der Waals surface area contributed by atoms with Gasteiger partial charge in [0.05, 0.1) is 38.8 Å². The minimum Gasteiger partial charge on any atom is -0.497 e. The Hall–Kier alpha value is -3.16. The van der Waals surface area contributed by atoms with Gasteiger partial charge in [0.1, 0.15) is 18.0 Å². The number of alkyl halides is 3. The van der Waals surface area contributed by atoms with Crippen molar-refractivity contribution in [2.75, 3.05) is 51.5 Å². The first-order valence-electron chi connectivity index (χ1n) is 10.7. The SMILES string of the molecule is COc1ccc(CN2CCOCC3(C2)CN(c2cnn(C)c2)C(=O)CO3)cc1.O=C(O)C(F)(F)F. The molecule has 0 radical (unpaired) electrons. The first-order chi connectivity index (χ1) is 16.5. The van der Waals surface area contributed by atoms with Crippen LogP contribution in [0.2, 0.25) is 0 Å². The van der Waals surface area contributed by atoms with Gasteiger partial charge in [-0.1, -0.05) is 12.1 Å². The van der Waals surface area contributed by atoms with Crippen molar-refractivity contribution in [2.45, 2.75) is 18.3 Å². The zero-order valence-corrected chi connectivity index (χ0v) is 19.3. The average Bonchev–Trinajstić information content (AvgIpc) is 3.15. The standard InChI is InChI=1S/C20H26N4O4.C2HF3O2/c1-22-11-17(9-21-22)24-14-20(28-12-19(24)25)13-23(7-8-27-15-20)10-16-3-5-18(26-2)6-4-16;3-2(4,5)1(6)7/h3-6,9,11H,7-8,10,12-15H2,1-2H3;(H,6,7). The maximum absolute atomic E-state index is 12.4. The number of carbonyl (C=O) groups is 2. The number of carboxylic acids is 1. The number of aliphatic carboxylic acids is 1. The number of hydrogen-bond acceptors (Lipinski definition) is 7. The van der Waals surface area contributed by atoms with Crippen molar-refractivity contribution in [3.8, 4) is 5.75 Å². The molecule has 4 rings (SSSR count). The predicted molar refractivity (Wildman–Crippen MR) is 117 cm³/mol. The number of ether oxygens (including phenoxy) is 3. The third kappa shape index (κ3) is 7.16. The van der Waals surface area contributed by atoms with E-state index >= 15 is 0 Å². The molecule has 1 N–H and O–H groups in total. The van der Waals surface area contributed by atoms with E-state index in [1.807, 2.05) is 25.4 Å². The van der Waals surface area contributed by atoms with Gasteiger partial charge in [-0.2, -0.15) is 18.3 Å². The van der Waals surface area contributed by atoms with E-state index in [2.05, 4.69) is 22.1 Å². The average molecular weight is 500 g/mol. The largest absolute Gasteiger partial charge is 0.497 e. The Morgan fingerprint density at radius 1 is 1.26 bits per heavy atom. The van der Waals surface area contributed by atoms with E-state index in [4.69, 9.17) is 24.1 Å². The molecule has 0 saturated carbocycles. The third-order valence-corrected chi connectivity index (χ3v) is 5.49. The molecule has 2 fully saturated rings. The Morgan fingerprint density at radius 3 is 2.51 bits per heavy atom. The van der Waals surface area contributed by atoms with Gasteiger partial charge in [0.2, 0.25) is 0 Å². The van der Waals surface area contributed by atoms with Gasteiger partial charge in [0, 0.05) is 32.9 Å². The number of aryl methyl sites for hydroxylation is 1. The lowest BCUT2D eigenvalue weighted by Gasteiger charge is -2.42. The quantitative estimate of drug-likeness (QED) is 0.676. The Morgan fingerprint density at radius 2 is 1.94 bits per heavy atom. The third-order valence-electron chi connectivity index (χ3n) is 5.49. The number of morpholine rings is 1. The molecule has 192 valence electrons. The highest BCUT2D eigenvalue weighted by Crippen LogP contribution is 2.27. The number of halogens is 3. The van der Waals surface area contributed by atoms with Crippen molar-refractivity contribution in [1.29, 1.82) is 0 Å². The Kier molecular flexibility index (Phi) is 8.35. The molecule has 0 aliphatic carbocycles. The van der Waals surface area contributed by atoms with Gasteiger partial charge in [-0.3, -0.25) is 14.4 Å². The van der Waals surface area contributed by atoms with E-state index in [1.165, 1.54) is 5.56 Å². The Bertz CT molecular complexity index is 1010. The van der Waals surface area contributed by atoms with Gasteiger partial charge in [0.25, 0.3) is 5.91 Å². The van der Waals surface area contributed by atoms with Gasteiger partial charge < -0.3 is 24.2 Å². The van der Waals surface area contributed by atoms with Crippen LogP contribution in [0.15, 0.2) is 36.7 Å². The second kappa shape index (κ2) is 11.1. The number of carboxylic acid groups (broad SMARTS) is 1. The first kappa shape index (κ1) is 26.4. The van der Waals surface area contributed by atoms with E-state index in [0.29, 0.717) is 26.3 Å². The van der Waals surface area contributed by atoms with Gasteiger partial charge in [-0.05, 0) is 17.7 Å². The summed E-state index contributed by atoms with van der Waals surface area (Å²) < 4.78 is 50.6. The van der Waals surface area contributed by atoms with Gasteiger partial charge >= 0.3 is 12.1 Å². The van der Waals surface area contributed by atoms with E-state index in [9.17, 15) is 18.0 Å². The first-order valence-corrected chi connectivity index (χ1v) is 10.7. The molecule has 2 aromatic rings. The molecular weight excluding hydrogens is 473 g/mol. The summed E-state index contributed by atoms with van der Waals surface area (Å²) >= 11 is 0. The summed E-state index contributed by atoms with van der Waals surface area (Å²) in [7, 11) is 3.51. The van der Waals surface area contributed by atoms with Crippen molar-refractivity contribution in [3.63, 3.8) is 0 Å². The molecule has 10 nitrogen and oxygen atoms in total. The van der Waals surface area contributed by atoms with E-state index < -0.39 is 17.7 Å². The molecule has 35 heavy (non-hydrogen) atoms. The smallest absolute Gasteiger partial charge is 0.490 e. The van der Waals surface area contributed by atoms with Crippen LogP contribution >= 0.6 is 0 Å². The fraction of sp³-hybridized carbons (Fsp3) is 0.500. The topological polar surface area (TPSA) is 106 Å². The summed E-state index contributed by atoms with van der Waals surface area (Å²) in [6, 6.07) is 8.09. The summed E-state index contributed by atoms with van der Waals surface area (Å²) in [5.41, 5.74) is 1.45. The van der Waals surface area contributed by atoms with E-state index in [-0.39, 0.29) is 12.5 Å². The molecule has 2 saturated heterocycles. The normalized spacial score (nSPS) is 21.3. The number of benzene rings is 1. The van der Waals surface area contributed by atoms with Crippen LogP contribution in [0, 0.1) is 0 Å². The van der Waals surface area contributed by atoms with Crippen LogP contribution in [0.5, 0.6) is 5.75 Å². The zero-order valence-electron chi connectivity index (χ0n) is 19.3. The summed E-state index contributed by atoms with van der Waals surface area (Å²) in [4.78, 5) is 25.4. The Labute approximate surface area is 199 Å². The molecule has 1 aromatic heterocycles. The zero-order chi connectivity index (χ0) is 25.6. The Balaban J connectivity index is 0.000000429. The highest BCUT2D eigenvalue weighted by molar-refractivity contribution is 5.95. The molecule has 1 atom stereocenters. The maximum atomic E-state index is 12.4. The van der Waals surface area contributed by atoms with Gasteiger partial charge in [-0.25, -0.2) is 4.79 Å². The number of carbonyl (C=O) groups excluding carboxylic acids is 1. The second-order valence-electron chi connectivity index (χ2n) is 8.24. The molecular formula is C22H27F3N4O6. The number of methoxy groups -OCH3 is 1. The number of rotatable bonds is 4. The molecule has 1 spiro atoms. The van der Waals surface area contributed by atoms with Crippen LogP contribution in [0.25, 0.3) is 0 Å². The van der Waals surface area contributed by atoms with Crippen LogP contribution in [0.4, 0.5) is 18.9 Å². The molecule has 1 aromatic carbocycles. The number of aromatic nitrogens is 2. The number of hydrogen-bond donors (Lipinski definition) is 1. The van der Waals surface area contributed by atoms with E-state index in [1.54, 1.807) is 22.9 Å². The van der Waals surface area contributed by atoms with Crippen molar-refractivity contribution in [3.05, 3.63) is 42.2 Å².